The molecule has 2 rings (SSSR count). The predicted octanol–water partition coefficient (Wildman–Crippen LogP) is 3.39. The van der Waals surface area contributed by atoms with Crippen molar-refractivity contribution in [2.24, 2.45) is 21.0 Å². The van der Waals surface area contributed by atoms with E-state index < -0.39 is 19.7 Å². The average molecular weight is 455 g/mol. The lowest BCUT2D eigenvalue weighted by atomic mass is 10.0. The van der Waals surface area contributed by atoms with Gasteiger partial charge in [0.2, 0.25) is 5.90 Å². The highest BCUT2D eigenvalue weighted by Crippen LogP contribution is 2.35. The van der Waals surface area contributed by atoms with Gasteiger partial charge in [0.25, 0.3) is 0 Å². The number of aliphatic imine (C=N–C) groups is 2. The van der Waals surface area contributed by atoms with Crippen LogP contribution in [0.15, 0.2) is 57.5 Å². The number of fused-ring (bicyclic) bond motifs is 1. The van der Waals surface area contributed by atoms with Gasteiger partial charge < -0.3 is 9.26 Å². The third-order valence-corrected chi connectivity index (χ3v) is 4.62. The Morgan fingerprint density at radius 3 is 2.74 bits per heavy atom. The smallest absolute Gasteiger partial charge is 0.386 e. The molecule has 0 fully saturated rings. The molecule has 0 amide bonds. The lowest BCUT2D eigenvalue weighted by molar-refractivity contribution is -0.140. The lowest BCUT2D eigenvalue weighted by Gasteiger charge is -2.17. The number of nitrogens with zero attached hydrogens (tertiary/aromatic N) is 2. The number of benzene rings is 1. The summed E-state index contributed by atoms with van der Waals surface area (Å²) in [7, 11) is -2.60. The monoisotopic (exact) mass is 454 g/mol. The second kappa shape index (κ2) is 8.75. The quantitative estimate of drug-likeness (QED) is 0.384. The van der Waals surface area contributed by atoms with E-state index in [2.05, 4.69) is 43.8 Å². The molecule has 10 heteroatoms. The van der Waals surface area contributed by atoms with Crippen LogP contribution in [0.5, 0.6) is 0 Å². The van der Waals surface area contributed by atoms with Crippen LogP contribution in [0.3, 0.4) is 0 Å². The molecule has 0 aromatic heterocycles. The van der Waals surface area contributed by atoms with Crippen molar-refractivity contribution in [1.29, 1.82) is 0 Å². The van der Waals surface area contributed by atoms with Crippen LogP contribution in [0.1, 0.15) is 18.4 Å². The molecule has 0 bridgehead atoms. The summed E-state index contributed by atoms with van der Waals surface area (Å²) in [6, 6.07) is 4.57. The van der Waals surface area contributed by atoms with Crippen LogP contribution in [-0.4, -0.2) is 30.7 Å². The summed E-state index contributed by atoms with van der Waals surface area (Å²) < 4.78 is 22.5. The number of rotatable bonds is 6. The first-order valence-electron chi connectivity index (χ1n) is 7.86. The van der Waals surface area contributed by atoms with Crippen LogP contribution >= 0.6 is 23.6 Å². The molecule has 0 aliphatic carbocycles. The first kappa shape index (κ1) is 21.2. The molecule has 1 atom stereocenters. The number of halogens is 1. The highest BCUT2D eigenvalue weighted by molar-refractivity contribution is 9.10. The zero-order valence-corrected chi connectivity index (χ0v) is 17.2. The predicted molar refractivity (Wildman–Crippen MR) is 109 cm³/mol. The zero-order valence-electron chi connectivity index (χ0n) is 14.7. The first-order chi connectivity index (χ1) is 12.6. The van der Waals surface area contributed by atoms with Gasteiger partial charge in [0.05, 0.1) is 18.5 Å². The first-order valence-corrected chi connectivity index (χ1v) is 10.4. The SMILES string of the molecule is C=CC(=C)C1=N[C@@H](CCC(=O)OC)C(OP(N)(N)=O)=Nc2ccc(Br)cc21. The molecule has 8 nitrogen and oxygen atoms in total. The minimum atomic E-state index is -3.89. The van der Waals surface area contributed by atoms with E-state index in [0.717, 1.165) is 4.47 Å². The van der Waals surface area contributed by atoms with Gasteiger partial charge in [-0.2, -0.15) is 0 Å². The van der Waals surface area contributed by atoms with Crippen molar-refractivity contribution >= 4 is 46.9 Å². The minimum Gasteiger partial charge on any atom is -0.469 e. The Balaban J connectivity index is 2.61. The van der Waals surface area contributed by atoms with Gasteiger partial charge in [-0.3, -0.25) is 9.79 Å². The Labute approximate surface area is 165 Å². The summed E-state index contributed by atoms with van der Waals surface area (Å²) in [5.74, 6) is -0.468. The van der Waals surface area contributed by atoms with Gasteiger partial charge in [0.15, 0.2) is 0 Å². The maximum Gasteiger partial charge on any atom is 0.386 e. The maximum absolute atomic E-state index is 11.8. The van der Waals surface area contributed by atoms with E-state index in [1.807, 2.05) is 6.07 Å². The molecule has 1 aliphatic heterocycles. The Morgan fingerprint density at radius 2 is 2.15 bits per heavy atom. The molecule has 1 aliphatic rings. The van der Waals surface area contributed by atoms with Gasteiger partial charge in [-0.1, -0.05) is 35.2 Å². The Hall–Kier alpha value is -2.06. The van der Waals surface area contributed by atoms with Crippen LogP contribution in [-0.2, 0) is 18.6 Å². The Kier molecular flexibility index (Phi) is 6.89. The summed E-state index contributed by atoms with van der Waals surface area (Å²) in [5.41, 5.74) is 13.0. The standard InChI is InChI=1S/C17H20BrN4O4P/c1-4-10(2)16-12-9-11(18)5-6-13(12)22-17(26-27(19,20)24)14(21-16)7-8-15(23)25-3/h4-6,9,14H,1-2,7-8H2,3H3,(H4,19,20,24)/t14-/m0/s1. The van der Waals surface area contributed by atoms with Crippen LogP contribution in [0.4, 0.5) is 5.69 Å². The molecular formula is C17H20BrN4O4P. The van der Waals surface area contributed by atoms with E-state index >= 15 is 0 Å². The summed E-state index contributed by atoms with van der Waals surface area (Å²) in [6.07, 6.45) is 1.79. The molecule has 0 spiro atoms. The third kappa shape index (κ3) is 5.71. The number of nitrogens with two attached hydrogens (primary N) is 2. The molecule has 0 unspecified atom stereocenters. The van der Waals surface area contributed by atoms with Crippen LogP contribution in [0, 0.1) is 0 Å². The number of esters is 1. The number of ether oxygens (including phenoxy) is 1. The van der Waals surface area contributed by atoms with Crippen LogP contribution in [0.2, 0.25) is 0 Å². The number of carbonyl (C=O) groups is 1. The number of hydrogen-bond donors (Lipinski definition) is 2. The van der Waals surface area contributed by atoms with E-state index in [9.17, 15) is 9.36 Å². The number of allylic oxidation sites excluding steroid dienone is 2. The summed E-state index contributed by atoms with van der Waals surface area (Å²) in [5, 5.41) is 0. The van der Waals surface area contributed by atoms with E-state index in [-0.39, 0.29) is 18.7 Å². The molecule has 0 saturated carbocycles. The van der Waals surface area contributed by atoms with E-state index in [0.29, 0.717) is 22.5 Å². The maximum atomic E-state index is 11.8. The van der Waals surface area contributed by atoms with E-state index in [1.165, 1.54) is 7.11 Å². The summed E-state index contributed by atoms with van der Waals surface area (Å²) in [4.78, 5) is 20.6. The van der Waals surface area contributed by atoms with E-state index in [4.69, 9.17) is 15.5 Å². The molecule has 1 aromatic carbocycles. The van der Waals surface area contributed by atoms with Crippen molar-refractivity contribution in [2.45, 2.75) is 18.9 Å². The fourth-order valence-electron chi connectivity index (χ4n) is 2.39. The lowest BCUT2D eigenvalue weighted by Crippen LogP contribution is -2.26. The topological polar surface area (TPSA) is 129 Å². The number of hydrogen-bond acceptors (Lipinski definition) is 6. The van der Waals surface area contributed by atoms with Crippen molar-refractivity contribution in [3.63, 3.8) is 0 Å². The fraction of sp³-hybridized carbons (Fsp3) is 0.235. The average Bonchev–Trinajstić information content (AvgIpc) is 2.74. The molecule has 0 radical (unpaired) electrons. The van der Waals surface area contributed by atoms with Crippen LogP contribution in [0.25, 0.3) is 0 Å². The van der Waals surface area contributed by atoms with Crippen molar-refractivity contribution in [3.8, 4) is 0 Å². The summed E-state index contributed by atoms with van der Waals surface area (Å²) in [6.45, 7) is 7.69. The third-order valence-electron chi connectivity index (χ3n) is 3.65. The number of methoxy groups -OCH3 is 1. The fourth-order valence-corrected chi connectivity index (χ4v) is 3.21. The van der Waals surface area contributed by atoms with Gasteiger partial charge in [-0.05, 0) is 30.2 Å². The largest absolute Gasteiger partial charge is 0.469 e. The van der Waals surface area contributed by atoms with Gasteiger partial charge in [-0.25, -0.2) is 20.6 Å². The van der Waals surface area contributed by atoms with Gasteiger partial charge >= 0.3 is 13.6 Å². The van der Waals surface area contributed by atoms with Gasteiger partial charge in [-0.15, -0.1) is 0 Å². The van der Waals surface area contributed by atoms with Crippen molar-refractivity contribution < 1.29 is 18.6 Å². The molecule has 0 saturated heterocycles. The second-order valence-corrected chi connectivity index (χ2v) is 8.07. The number of carbonyl (C=O) groups excluding carboxylic acids is 1. The Bertz CT molecular complexity index is 891. The van der Waals surface area contributed by atoms with Crippen molar-refractivity contribution in [1.82, 2.24) is 0 Å². The highest BCUT2D eigenvalue weighted by atomic mass is 79.9. The minimum absolute atomic E-state index is 0.0392. The van der Waals surface area contributed by atoms with Crippen molar-refractivity contribution in [3.05, 3.63) is 53.0 Å². The Morgan fingerprint density at radius 1 is 1.44 bits per heavy atom. The van der Waals surface area contributed by atoms with Gasteiger partial charge in [0.1, 0.15) is 6.04 Å². The zero-order chi connectivity index (χ0) is 20.2. The van der Waals surface area contributed by atoms with Gasteiger partial charge in [0, 0.05) is 16.5 Å². The molecule has 1 heterocycles. The highest BCUT2D eigenvalue weighted by Gasteiger charge is 2.28. The molecular weight excluding hydrogens is 435 g/mol. The molecule has 1 aromatic rings. The second-order valence-electron chi connectivity index (χ2n) is 5.69. The van der Waals surface area contributed by atoms with Crippen molar-refractivity contribution in [2.75, 3.05) is 7.11 Å². The van der Waals surface area contributed by atoms with Crippen LogP contribution < -0.4 is 11.0 Å². The molecule has 27 heavy (non-hydrogen) atoms. The molecule has 4 N–H and O–H groups in total. The van der Waals surface area contributed by atoms with E-state index in [1.54, 1.807) is 18.2 Å². The molecule has 144 valence electrons. The summed E-state index contributed by atoms with van der Waals surface area (Å²) >= 11 is 3.42. The normalized spacial score (nSPS) is 16.4.